The van der Waals surface area contributed by atoms with Crippen LogP contribution in [0.25, 0.3) is 0 Å². The van der Waals surface area contributed by atoms with Crippen molar-refractivity contribution in [2.45, 2.75) is 13.0 Å². The standard InChI is InChI=1S/C29H35ClN4O2/c1-36-19-18-34-16-14-33(15-17-34)13-12-22-6-3-5-9-28(22)32-24-10-11-26(27(30)20-24)29(35)25-8-4-2-7-23(25)21-31/h2-11,20,32H,12-19,21,31H2,1H3. The van der Waals surface area contributed by atoms with Crippen molar-refractivity contribution in [3.8, 4) is 0 Å². The number of rotatable bonds is 11. The van der Waals surface area contributed by atoms with Crippen molar-refractivity contribution in [2.24, 2.45) is 5.73 Å². The summed E-state index contributed by atoms with van der Waals surface area (Å²) in [5.74, 6) is -0.115. The first-order chi connectivity index (χ1) is 17.6. The second-order valence-corrected chi connectivity index (χ2v) is 9.50. The zero-order valence-electron chi connectivity index (χ0n) is 20.9. The Balaban J connectivity index is 1.39. The summed E-state index contributed by atoms with van der Waals surface area (Å²) in [5, 5.41) is 3.92. The average Bonchev–Trinajstić information content (AvgIpc) is 2.91. The topological polar surface area (TPSA) is 70.8 Å². The number of hydrogen-bond acceptors (Lipinski definition) is 6. The zero-order chi connectivity index (χ0) is 25.3. The Morgan fingerprint density at radius 1 is 0.917 bits per heavy atom. The van der Waals surface area contributed by atoms with Gasteiger partial charge in [0.25, 0.3) is 0 Å². The van der Waals surface area contributed by atoms with Crippen molar-refractivity contribution < 1.29 is 9.53 Å². The number of nitrogens with two attached hydrogens (primary N) is 1. The van der Waals surface area contributed by atoms with Crippen LogP contribution in [0.2, 0.25) is 5.02 Å². The number of benzene rings is 3. The van der Waals surface area contributed by atoms with Gasteiger partial charge in [0.15, 0.2) is 5.78 Å². The number of ether oxygens (including phenoxy) is 1. The van der Waals surface area contributed by atoms with E-state index < -0.39 is 0 Å². The lowest BCUT2D eigenvalue weighted by Gasteiger charge is -2.34. The van der Waals surface area contributed by atoms with E-state index in [1.54, 1.807) is 19.2 Å². The number of halogens is 1. The Morgan fingerprint density at radius 3 is 2.28 bits per heavy atom. The Kier molecular flexibility index (Phi) is 9.50. The van der Waals surface area contributed by atoms with Crippen LogP contribution in [0.1, 0.15) is 27.0 Å². The molecule has 6 nitrogen and oxygen atoms in total. The van der Waals surface area contributed by atoms with E-state index in [1.807, 2.05) is 36.4 Å². The predicted octanol–water partition coefficient (Wildman–Crippen LogP) is 4.58. The van der Waals surface area contributed by atoms with Crippen molar-refractivity contribution in [1.29, 1.82) is 0 Å². The molecule has 4 rings (SSSR count). The monoisotopic (exact) mass is 506 g/mol. The highest BCUT2D eigenvalue weighted by molar-refractivity contribution is 6.35. The maximum Gasteiger partial charge on any atom is 0.194 e. The van der Waals surface area contributed by atoms with Gasteiger partial charge in [-0.3, -0.25) is 9.69 Å². The SMILES string of the molecule is COCCN1CCN(CCc2ccccc2Nc2ccc(C(=O)c3ccccc3CN)c(Cl)c2)CC1. The normalized spacial score (nSPS) is 14.6. The molecular formula is C29H35ClN4O2. The molecule has 0 amide bonds. The molecule has 1 fully saturated rings. The molecular weight excluding hydrogens is 472 g/mol. The van der Waals surface area contributed by atoms with E-state index in [0.717, 1.165) is 69.2 Å². The van der Waals surface area contributed by atoms with Gasteiger partial charge in [0.1, 0.15) is 0 Å². The minimum absolute atomic E-state index is 0.115. The summed E-state index contributed by atoms with van der Waals surface area (Å²) >= 11 is 6.57. The highest BCUT2D eigenvalue weighted by Gasteiger charge is 2.18. The van der Waals surface area contributed by atoms with Crippen LogP contribution >= 0.6 is 11.6 Å². The number of methoxy groups -OCH3 is 1. The number of anilines is 2. The number of carbonyl (C=O) groups excluding carboxylic acids is 1. The van der Waals surface area contributed by atoms with E-state index in [4.69, 9.17) is 22.1 Å². The van der Waals surface area contributed by atoms with Gasteiger partial charge >= 0.3 is 0 Å². The predicted molar refractivity (Wildman–Crippen MR) is 147 cm³/mol. The first-order valence-corrected chi connectivity index (χ1v) is 12.9. The summed E-state index contributed by atoms with van der Waals surface area (Å²) in [6.45, 7) is 7.45. The van der Waals surface area contributed by atoms with Crippen LogP contribution in [0.4, 0.5) is 11.4 Å². The highest BCUT2D eigenvalue weighted by Crippen LogP contribution is 2.28. The minimum Gasteiger partial charge on any atom is -0.383 e. The molecule has 1 heterocycles. The van der Waals surface area contributed by atoms with E-state index in [2.05, 4.69) is 33.3 Å². The zero-order valence-corrected chi connectivity index (χ0v) is 21.6. The summed E-state index contributed by atoms with van der Waals surface area (Å²) in [7, 11) is 1.76. The molecule has 190 valence electrons. The minimum atomic E-state index is -0.115. The molecule has 3 aromatic carbocycles. The lowest BCUT2D eigenvalue weighted by Crippen LogP contribution is -2.47. The molecule has 0 radical (unpaired) electrons. The second-order valence-electron chi connectivity index (χ2n) is 9.09. The number of hydrogen-bond donors (Lipinski definition) is 2. The molecule has 0 aromatic heterocycles. The molecule has 0 aliphatic carbocycles. The van der Waals surface area contributed by atoms with Crippen LogP contribution in [0.3, 0.4) is 0 Å². The van der Waals surface area contributed by atoms with E-state index in [9.17, 15) is 4.79 Å². The van der Waals surface area contributed by atoms with Crippen molar-refractivity contribution in [3.05, 3.63) is 94.0 Å². The molecule has 1 aliphatic heterocycles. The summed E-state index contributed by atoms with van der Waals surface area (Å²) in [5.41, 5.74) is 10.9. The number of nitrogens with zero attached hydrogens (tertiary/aromatic N) is 2. The first-order valence-electron chi connectivity index (χ1n) is 12.5. The Labute approximate surface area is 219 Å². The van der Waals surface area contributed by atoms with Gasteiger partial charge in [-0.25, -0.2) is 0 Å². The summed E-state index contributed by atoms with van der Waals surface area (Å²) in [6, 6.07) is 21.3. The van der Waals surface area contributed by atoms with Gasteiger partial charge in [0, 0.05) is 75.4 Å². The van der Waals surface area contributed by atoms with Gasteiger partial charge in [-0.05, 0) is 41.8 Å². The number of para-hydroxylation sites is 1. The van der Waals surface area contributed by atoms with Crippen LogP contribution in [0, 0.1) is 0 Å². The third-order valence-electron chi connectivity index (χ3n) is 6.77. The molecule has 0 atom stereocenters. The molecule has 36 heavy (non-hydrogen) atoms. The van der Waals surface area contributed by atoms with Crippen molar-refractivity contribution >= 4 is 28.8 Å². The summed E-state index contributed by atoms with van der Waals surface area (Å²) in [4.78, 5) is 18.1. The van der Waals surface area contributed by atoms with Crippen LogP contribution in [0.15, 0.2) is 66.7 Å². The molecule has 7 heteroatoms. The van der Waals surface area contributed by atoms with Crippen molar-refractivity contribution in [2.75, 3.05) is 58.3 Å². The van der Waals surface area contributed by atoms with Gasteiger partial charge in [-0.1, -0.05) is 54.1 Å². The van der Waals surface area contributed by atoms with Gasteiger partial charge in [0.2, 0.25) is 0 Å². The van der Waals surface area contributed by atoms with Gasteiger partial charge in [-0.15, -0.1) is 0 Å². The second kappa shape index (κ2) is 13.0. The Hall–Kier alpha value is -2.74. The molecule has 3 aromatic rings. The van der Waals surface area contributed by atoms with E-state index >= 15 is 0 Å². The molecule has 0 spiro atoms. The number of ketones is 1. The molecule has 1 saturated heterocycles. The van der Waals surface area contributed by atoms with E-state index in [0.29, 0.717) is 22.7 Å². The lowest BCUT2D eigenvalue weighted by molar-refractivity contribution is 0.0976. The number of piperazine rings is 1. The fourth-order valence-corrected chi connectivity index (χ4v) is 4.86. The fourth-order valence-electron chi connectivity index (χ4n) is 4.59. The smallest absolute Gasteiger partial charge is 0.194 e. The lowest BCUT2D eigenvalue weighted by atomic mass is 9.98. The Bertz CT molecular complexity index is 1160. The molecule has 0 saturated carbocycles. The summed E-state index contributed by atoms with van der Waals surface area (Å²) < 4.78 is 5.20. The quantitative estimate of drug-likeness (QED) is 0.371. The third kappa shape index (κ3) is 6.72. The summed E-state index contributed by atoms with van der Waals surface area (Å²) in [6.07, 6.45) is 0.960. The number of nitrogens with one attached hydrogen (secondary N) is 1. The van der Waals surface area contributed by atoms with Crippen molar-refractivity contribution in [3.63, 3.8) is 0 Å². The molecule has 1 aliphatic rings. The highest BCUT2D eigenvalue weighted by atomic mass is 35.5. The Morgan fingerprint density at radius 2 is 1.58 bits per heavy atom. The molecule has 3 N–H and O–H groups in total. The molecule has 0 bridgehead atoms. The maximum atomic E-state index is 13.1. The number of carbonyl (C=O) groups is 1. The van der Waals surface area contributed by atoms with Crippen molar-refractivity contribution in [1.82, 2.24) is 9.80 Å². The fraction of sp³-hybridized carbons (Fsp3) is 0.345. The van der Waals surface area contributed by atoms with E-state index in [1.165, 1.54) is 5.56 Å². The van der Waals surface area contributed by atoms with Gasteiger partial charge < -0.3 is 20.7 Å². The first kappa shape index (κ1) is 26.3. The van der Waals surface area contributed by atoms with Gasteiger partial charge in [-0.2, -0.15) is 0 Å². The average molecular weight is 507 g/mol. The van der Waals surface area contributed by atoms with Crippen LogP contribution < -0.4 is 11.1 Å². The van der Waals surface area contributed by atoms with E-state index in [-0.39, 0.29) is 5.78 Å². The van der Waals surface area contributed by atoms with Gasteiger partial charge in [0.05, 0.1) is 11.6 Å². The molecule has 0 unspecified atom stereocenters. The van der Waals surface area contributed by atoms with Crippen LogP contribution in [-0.4, -0.2) is 68.6 Å². The third-order valence-corrected chi connectivity index (χ3v) is 7.08. The maximum absolute atomic E-state index is 13.1. The van der Waals surface area contributed by atoms with Crippen LogP contribution in [0.5, 0.6) is 0 Å². The van der Waals surface area contributed by atoms with Crippen LogP contribution in [-0.2, 0) is 17.7 Å². The largest absolute Gasteiger partial charge is 0.383 e.